The van der Waals surface area contributed by atoms with Crippen molar-refractivity contribution < 1.29 is 0 Å². The molecule has 1 aromatic rings. The molecule has 88 valence electrons. The average molecular weight is 329 g/mol. The average Bonchev–Trinajstić information content (AvgIpc) is 2.29. The predicted molar refractivity (Wildman–Crippen MR) is 77.8 cm³/mol. The maximum Gasteiger partial charge on any atom is 0.0165 e. The molecule has 3 unspecified atom stereocenters. The van der Waals surface area contributed by atoms with Crippen molar-refractivity contribution in [2.45, 2.75) is 38.6 Å². The van der Waals surface area contributed by atoms with E-state index in [-0.39, 0.29) is 0 Å². The molecule has 0 amide bonds. The normalized spacial score (nSPS) is 33.5. The van der Waals surface area contributed by atoms with Gasteiger partial charge in [-0.05, 0) is 65.4 Å². The minimum atomic E-state index is 0.427. The second kappa shape index (κ2) is 4.65. The van der Waals surface area contributed by atoms with Crippen LogP contribution in [0.2, 0.25) is 0 Å². The fourth-order valence-electron chi connectivity index (χ4n) is 3.04. The van der Waals surface area contributed by atoms with Crippen LogP contribution in [0.1, 0.15) is 38.2 Å². The third kappa shape index (κ3) is 1.80. The molecule has 1 fully saturated rings. The Labute approximate surface area is 112 Å². The molecule has 1 saturated carbocycles. The molecule has 1 aromatic carbocycles. The summed E-state index contributed by atoms with van der Waals surface area (Å²) in [5.74, 6) is 0.725. The Balaban J connectivity index is 2.28. The summed E-state index contributed by atoms with van der Waals surface area (Å²) < 4.78 is 1.42. The maximum absolute atomic E-state index is 3.46. The number of halogens is 1. The molecule has 2 rings (SSSR count). The zero-order valence-corrected chi connectivity index (χ0v) is 12.4. The van der Waals surface area contributed by atoms with Crippen LogP contribution >= 0.6 is 22.6 Å². The van der Waals surface area contributed by atoms with E-state index in [4.69, 9.17) is 0 Å². The largest absolute Gasteiger partial charge is 0.316 e. The summed E-state index contributed by atoms with van der Waals surface area (Å²) in [6, 6.07) is 9.49. The van der Waals surface area contributed by atoms with Gasteiger partial charge in [-0.15, -0.1) is 0 Å². The highest BCUT2D eigenvalue weighted by atomic mass is 127. The fourth-order valence-corrected chi connectivity index (χ4v) is 3.80. The molecule has 0 aliphatic heterocycles. The summed E-state index contributed by atoms with van der Waals surface area (Å²) in [7, 11) is 2.09. The van der Waals surface area contributed by atoms with E-state index in [9.17, 15) is 0 Å². The summed E-state index contributed by atoms with van der Waals surface area (Å²) >= 11 is 2.46. The molecule has 0 bridgehead atoms. The zero-order chi connectivity index (χ0) is 11.8. The zero-order valence-electron chi connectivity index (χ0n) is 10.3. The molecule has 16 heavy (non-hydrogen) atoms. The van der Waals surface area contributed by atoms with Gasteiger partial charge < -0.3 is 5.32 Å². The van der Waals surface area contributed by atoms with E-state index in [1.165, 1.54) is 16.4 Å². The minimum Gasteiger partial charge on any atom is -0.316 e. The Morgan fingerprint density at radius 1 is 1.44 bits per heavy atom. The second-order valence-electron chi connectivity index (χ2n) is 5.01. The number of benzene rings is 1. The highest BCUT2D eigenvalue weighted by molar-refractivity contribution is 14.1. The summed E-state index contributed by atoms with van der Waals surface area (Å²) in [5, 5.41) is 3.46. The van der Waals surface area contributed by atoms with E-state index in [2.05, 4.69) is 73.1 Å². The first-order chi connectivity index (χ1) is 7.63. The van der Waals surface area contributed by atoms with Crippen molar-refractivity contribution in [1.82, 2.24) is 5.32 Å². The third-order valence-electron chi connectivity index (χ3n) is 4.45. The van der Waals surface area contributed by atoms with Gasteiger partial charge in [0.05, 0.1) is 0 Å². The summed E-state index contributed by atoms with van der Waals surface area (Å²) in [6.07, 6.45) is 2.52. The van der Waals surface area contributed by atoms with Gasteiger partial charge in [0.25, 0.3) is 0 Å². The predicted octanol–water partition coefficient (Wildman–Crippen LogP) is 3.78. The van der Waals surface area contributed by atoms with Crippen LogP contribution in [0.3, 0.4) is 0 Å². The first kappa shape index (κ1) is 12.4. The third-order valence-corrected chi connectivity index (χ3v) is 5.44. The van der Waals surface area contributed by atoms with E-state index in [1.54, 1.807) is 5.56 Å². The molecule has 0 aromatic heterocycles. The van der Waals surface area contributed by atoms with Crippen molar-refractivity contribution in [3.8, 4) is 0 Å². The minimum absolute atomic E-state index is 0.427. The van der Waals surface area contributed by atoms with Gasteiger partial charge in [0.2, 0.25) is 0 Å². The van der Waals surface area contributed by atoms with Crippen LogP contribution in [-0.2, 0) is 0 Å². The van der Waals surface area contributed by atoms with E-state index >= 15 is 0 Å². The smallest absolute Gasteiger partial charge is 0.0165 e. The highest BCUT2D eigenvalue weighted by Gasteiger charge is 2.50. The first-order valence-corrected chi connectivity index (χ1v) is 7.13. The lowest BCUT2D eigenvalue weighted by Crippen LogP contribution is -2.55. The van der Waals surface area contributed by atoms with Crippen LogP contribution in [0, 0.1) is 8.99 Å². The molecule has 0 saturated heterocycles. The van der Waals surface area contributed by atoms with Gasteiger partial charge >= 0.3 is 0 Å². The van der Waals surface area contributed by atoms with Crippen LogP contribution in [-0.4, -0.2) is 13.1 Å². The van der Waals surface area contributed by atoms with Crippen molar-refractivity contribution in [3.05, 3.63) is 33.4 Å². The second-order valence-corrected chi connectivity index (χ2v) is 6.17. The molecule has 1 aliphatic carbocycles. The molecular weight excluding hydrogens is 309 g/mol. The van der Waals surface area contributed by atoms with Crippen molar-refractivity contribution in [3.63, 3.8) is 0 Å². The Morgan fingerprint density at radius 2 is 2.12 bits per heavy atom. The monoisotopic (exact) mass is 329 g/mol. The van der Waals surface area contributed by atoms with Crippen molar-refractivity contribution in [1.29, 1.82) is 0 Å². The van der Waals surface area contributed by atoms with Gasteiger partial charge in [0.15, 0.2) is 0 Å². The molecule has 1 nitrogen and oxygen atoms in total. The highest BCUT2D eigenvalue weighted by Crippen LogP contribution is 2.55. The van der Waals surface area contributed by atoms with Gasteiger partial charge in [-0.2, -0.15) is 0 Å². The number of rotatable bonds is 3. The number of hydrogen-bond acceptors (Lipinski definition) is 1. The SMILES string of the molecule is CCC1(C)C(NC)CC1c1ccccc1I. The van der Waals surface area contributed by atoms with E-state index in [1.807, 2.05) is 0 Å². The molecule has 1 N–H and O–H groups in total. The summed E-state index contributed by atoms with van der Waals surface area (Å²) in [5.41, 5.74) is 1.97. The lowest BCUT2D eigenvalue weighted by Gasteiger charge is -2.54. The Hall–Kier alpha value is -0.0900. The van der Waals surface area contributed by atoms with Gasteiger partial charge in [0, 0.05) is 9.61 Å². The lowest BCUT2D eigenvalue weighted by molar-refractivity contribution is 0.0490. The molecule has 2 heteroatoms. The Kier molecular flexibility index (Phi) is 3.59. The van der Waals surface area contributed by atoms with Crippen LogP contribution in [0.5, 0.6) is 0 Å². The van der Waals surface area contributed by atoms with E-state index < -0.39 is 0 Å². The molecule has 0 heterocycles. The van der Waals surface area contributed by atoms with Gasteiger partial charge in [-0.25, -0.2) is 0 Å². The maximum atomic E-state index is 3.46. The van der Waals surface area contributed by atoms with Gasteiger partial charge in [-0.1, -0.05) is 32.0 Å². The Morgan fingerprint density at radius 3 is 2.69 bits per heavy atom. The quantitative estimate of drug-likeness (QED) is 0.832. The Bertz CT molecular complexity index is 377. The van der Waals surface area contributed by atoms with E-state index in [0.717, 1.165) is 5.92 Å². The van der Waals surface area contributed by atoms with Crippen LogP contribution in [0.15, 0.2) is 24.3 Å². The molecule has 0 radical (unpaired) electrons. The first-order valence-electron chi connectivity index (χ1n) is 6.05. The summed E-state index contributed by atoms with van der Waals surface area (Å²) in [6.45, 7) is 4.73. The molecule has 0 spiro atoms. The van der Waals surface area contributed by atoms with E-state index in [0.29, 0.717) is 11.5 Å². The van der Waals surface area contributed by atoms with Crippen LogP contribution < -0.4 is 5.32 Å². The van der Waals surface area contributed by atoms with Gasteiger partial charge in [0.1, 0.15) is 0 Å². The summed E-state index contributed by atoms with van der Waals surface area (Å²) in [4.78, 5) is 0. The number of hydrogen-bond donors (Lipinski definition) is 1. The topological polar surface area (TPSA) is 12.0 Å². The fraction of sp³-hybridized carbons (Fsp3) is 0.571. The molecule has 1 aliphatic rings. The van der Waals surface area contributed by atoms with Gasteiger partial charge in [-0.3, -0.25) is 0 Å². The molecular formula is C14H20IN. The van der Waals surface area contributed by atoms with Crippen molar-refractivity contribution in [2.24, 2.45) is 5.41 Å². The van der Waals surface area contributed by atoms with Crippen molar-refractivity contribution in [2.75, 3.05) is 7.05 Å². The van der Waals surface area contributed by atoms with Crippen molar-refractivity contribution >= 4 is 22.6 Å². The van der Waals surface area contributed by atoms with Crippen LogP contribution in [0.4, 0.5) is 0 Å². The standard InChI is InChI=1S/C14H20IN/c1-4-14(2)11(9-13(14)16-3)10-7-5-6-8-12(10)15/h5-8,11,13,16H,4,9H2,1-3H3. The molecule has 3 atom stereocenters. The number of nitrogens with one attached hydrogen (secondary N) is 1. The van der Waals surface area contributed by atoms with Crippen LogP contribution in [0.25, 0.3) is 0 Å². The lowest BCUT2D eigenvalue weighted by atomic mass is 9.54.